The number of carboxylic acid groups (broad SMARTS) is 1. The number of nitrogens with two attached hydrogens (primary N) is 1. The van der Waals surface area contributed by atoms with Gasteiger partial charge in [-0.3, -0.25) is 4.79 Å². The molecule has 18 heavy (non-hydrogen) atoms. The molecule has 0 aliphatic heterocycles. The summed E-state index contributed by atoms with van der Waals surface area (Å²) in [4.78, 5) is 10.8. The molecule has 1 unspecified atom stereocenters. The Morgan fingerprint density at radius 2 is 2.22 bits per heavy atom. The molecule has 0 bridgehead atoms. The van der Waals surface area contributed by atoms with E-state index in [0.717, 1.165) is 22.0 Å². The first kappa shape index (κ1) is 12.9. The molecule has 5 heteroatoms. The van der Waals surface area contributed by atoms with E-state index in [2.05, 4.69) is 0 Å². The van der Waals surface area contributed by atoms with Crippen molar-refractivity contribution >= 4 is 28.5 Å². The fraction of sp³-hybridized carbons (Fsp3) is 0.308. The summed E-state index contributed by atoms with van der Waals surface area (Å²) >= 11 is 6.09. The number of carbonyl (C=O) groups is 1. The van der Waals surface area contributed by atoms with Crippen molar-refractivity contribution in [1.29, 1.82) is 0 Å². The Kier molecular flexibility index (Phi) is 3.32. The molecule has 0 aliphatic carbocycles. The summed E-state index contributed by atoms with van der Waals surface area (Å²) in [6.45, 7) is 1.93. The lowest BCUT2D eigenvalue weighted by molar-refractivity contribution is -0.138. The topological polar surface area (TPSA) is 68.2 Å². The van der Waals surface area contributed by atoms with Crippen LogP contribution in [-0.4, -0.2) is 21.7 Å². The maximum Gasteiger partial charge on any atom is 0.320 e. The van der Waals surface area contributed by atoms with Crippen LogP contribution in [0, 0.1) is 6.92 Å². The van der Waals surface area contributed by atoms with Crippen molar-refractivity contribution in [2.45, 2.75) is 19.4 Å². The van der Waals surface area contributed by atoms with Gasteiger partial charge in [0, 0.05) is 35.6 Å². The molecule has 2 aromatic rings. The van der Waals surface area contributed by atoms with Gasteiger partial charge in [0.25, 0.3) is 0 Å². The summed E-state index contributed by atoms with van der Waals surface area (Å²) in [5.41, 5.74) is 8.47. The Bertz CT molecular complexity index is 619. The van der Waals surface area contributed by atoms with Crippen LogP contribution in [0.3, 0.4) is 0 Å². The van der Waals surface area contributed by atoms with Gasteiger partial charge in [0.15, 0.2) is 0 Å². The number of aryl methyl sites for hydroxylation is 2. The molecule has 96 valence electrons. The highest BCUT2D eigenvalue weighted by Gasteiger charge is 2.16. The second kappa shape index (κ2) is 4.63. The number of nitrogens with zero attached hydrogens (tertiary/aromatic N) is 1. The maximum atomic E-state index is 10.8. The Labute approximate surface area is 110 Å². The summed E-state index contributed by atoms with van der Waals surface area (Å²) < 4.78 is 1.94. The fourth-order valence-corrected chi connectivity index (χ4v) is 2.24. The lowest BCUT2D eigenvalue weighted by Crippen LogP contribution is -2.32. The first-order chi connectivity index (χ1) is 8.40. The van der Waals surface area contributed by atoms with Gasteiger partial charge in [-0.15, -0.1) is 0 Å². The third kappa shape index (κ3) is 2.21. The summed E-state index contributed by atoms with van der Waals surface area (Å²) in [6.07, 6.45) is 2.22. The predicted octanol–water partition coefficient (Wildman–Crippen LogP) is 2.09. The van der Waals surface area contributed by atoms with E-state index in [-0.39, 0.29) is 0 Å². The largest absolute Gasteiger partial charge is 0.480 e. The van der Waals surface area contributed by atoms with Gasteiger partial charge in [0.05, 0.1) is 0 Å². The first-order valence-corrected chi connectivity index (χ1v) is 6.00. The standard InChI is InChI=1S/C13H15ClN2O2/c1-7-3-9-8(4-11(15)13(17)18)6-16(2)12(9)5-10(7)14/h3,5-6,11H,4,15H2,1-2H3,(H,17,18). The van der Waals surface area contributed by atoms with Crippen molar-refractivity contribution in [1.82, 2.24) is 4.57 Å². The average Bonchev–Trinajstić information content (AvgIpc) is 2.57. The zero-order chi connectivity index (χ0) is 13.4. The minimum Gasteiger partial charge on any atom is -0.480 e. The van der Waals surface area contributed by atoms with Crippen LogP contribution in [0.15, 0.2) is 18.3 Å². The smallest absolute Gasteiger partial charge is 0.320 e. The molecule has 0 aliphatic rings. The number of fused-ring (bicyclic) bond motifs is 1. The van der Waals surface area contributed by atoms with Crippen LogP contribution in [0.2, 0.25) is 5.02 Å². The molecule has 0 fully saturated rings. The van der Waals surface area contributed by atoms with Crippen LogP contribution in [0.5, 0.6) is 0 Å². The normalized spacial score (nSPS) is 12.9. The molecule has 1 aromatic heterocycles. The van der Waals surface area contributed by atoms with Gasteiger partial charge in [0.1, 0.15) is 6.04 Å². The fourth-order valence-electron chi connectivity index (χ4n) is 2.08. The minimum atomic E-state index is -0.988. The van der Waals surface area contributed by atoms with E-state index >= 15 is 0 Å². The number of benzene rings is 1. The van der Waals surface area contributed by atoms with Crippen LogP contribution < -0.4 is 5.73 Å². The molecule has 4 nitrogen and oxygen atoms in total. The lowest BCUT2D eigenvalue weighted by atomic mass is 10.0. The Morgan fingerprint density at radius 3 is 2.83 bits per heavy atom. The summed E-state index contributed by atoms with van der Waals surface area (Å²) in [5, 5.41) is 10.6. The number of hydrogen-bond donors (Lipinski definition) is 2. The van der Waals surface area contributed by atoms with E-state index in [9.17, 15) is 4.79 Å². The van der Waals surface area contributed by atoms with Gasteiger partial charge in [-0.25, -0.2) is 0 Å². The molecule has 3 N–H and O–H groups in total. The highest BCUT2D eigenvalue weighted by Crippen LogP contribution is 2.27. The van der Waals surface area contributed by atoms with Crippen LogP contribution in [0.4, 0.5) is 0 Å². The number of hydrogen-bond acceptors (Lipinski definition) is 2. The number of aromatic nitrogens is 1. The van der Waals surface area contributed by atoms with Crippen LogP contribution in [0.25, 0.3) is 10.9 Å². The molecule has 1 aromatic carbocycles. The SMILES string of the molecule is Cc1cc2c(CC(N)C(=O)O)cn(C)c2cc1Cl. The number of aliphatic carboxylic acids is 1. The van der Waals surface area contributed by atoms with Crippen molar-refractivity contribution in [3.8, 4) is 0 Å². The number of halogens is 1. The van der Waals surface area contributed by atoms with E-state index in [4.69, 9.17) is 22.4 Å². The van der Waals surface area contributed by atoms with Gasteiger partial charge in [-0.2, -0.15) is 0 Å². The third-order valence-electron chi connectivity index (χ3n) is 3.11. The molecule has 0 saturated heterocycles. The molecule has 1 heterocycles. The van der Waals surface area contributed by atoms with Crippen molar-refractivity contribution in [2.75, 3.05) is 0 Å². The Balaban J connectivity index is 2.52. The molecular weight excluding hydrogens is 252 g/mol. The quantitative estimate of drug-likeness (QED) is 0.894. The van der Waals surface area contributed by atoms with E-state index in [1.54, 1.807) is 0 Å². The van der Waals surface area contributed by atoms with Crippen LogP contribution in [0.1, 0.15) is 11.1 Å². The molecule has 0 saturated carbocycles. The van der Waals surface area contributed by atoms with Gasteiger partial charge in [0.2, 0.25) is 0 Å². The van der Waals surface area contributed by atoms with E-state index in [0.29, 0.717) is 11.4 Å². The van der Waals surface area contributed by atoms with Gasteiger partial charge >= 0.3 is 5.97 Å². The monoisotopic (exact) mass is 266 g/mol. The zero-order valence-corrected chi connectivity index (χ0v) is 11.0. The van der Waals surface area contributed by atoms with Crippen LogP contribution in [-0.2, 0) is 18.3 Å². The lowest BCUT2D eigenvalue weighted by Gasteiger charge is -2.05. The number of rotatable bonds is 3. The second-order valence-corrected chi connectivity index (χ2v) is 4.94. The highest BCUT2D eigenvalue weighted by atomic mass is 35.5. The zero-order valence-electron chi connectivity index (χ0n) is 10.3. The van der Waals surface area contributed by atoms with Gasteiger partial charge < -0.3 is 15.4 Å². The summed E-state index contributed by atoms with van der Waals surface area (Å²) in [7, 11) is 1.91. The van der Waals surface area contributed by atoms with Crippen molar-refractivity contribution in [3.05, 3.63) is 34.5 Å². The predicted molar refractivity (Wildman–Crippen MR) is 72.0 cm³/mol. The number of carboxylic acids is 1. The molecule has 0 spiro atoms. The molecule has 2 rings (SSSR count). The average molecular weight is 267 g/mol. The third-order valence-corrected chi connectivity index (χ3v) is 3.52. The molecular formula is C13H15ClN2O2. The van der Waals surface area contributed by atoms with Gasteiger partial charge in [-0.05, 0) is 30.2 Å². The van der Waals surface area contributed by atoms with Crippen LogP contribution >= 0.6 is 11.6 Å². The van der Waals surface area contributed by atoms with Gasteiger partial charge in [-0.1, -0.05) is 11.6 Å². The van der Waals surface area contributed by atoms with Crippen molar-refractivity contribution in [3.63, 3.8) is 0 Å². The molecule has 1 atom stereocenters. The second-order valence-electron chi connectivity index (χ2n) is 4.53. The molecule has 0 amide bonds. The van der Waals surface area contributed by atoms with Crippen molar-refractivity contribution < 1.29 is 9.90 Å². The maximum absolute atomic E-state index is 10.8. The van der Waals surface area contributed by atoms with E-state index in [1.807, 2.05) is 36.9 Å². The minimum absolute atomic E-state index is 0.313. The van der Waals surface area contributed by atoms with E-state index < -0.39 is 12.0 Å². The Morgan fingerprint density at radius 1 is 1.56 bits per heavy atom. The highest BCUT2D eigenvalue weighted by molar-refractivity contribution is 6.32. The summed E-state index contributed by atoms with van der Waals surface area (Å²) in [6, 6.07) is 2.98. The summed E-state index contributed by atoms with van der Waals surface area (Å²) in [5.74, 6) is -0.988. The molecule has 0 radical (unpaired) electrons. The van der Waals surface area contributed by atoms with E-state index in [1.165, 1.54) is 0 Å². The van der Waals surface area contributed by atoms with Crippen molar-refractivity contribution in [2.24, 2.45) is 12.8 Å². The Hall–Kier alpha value is -1.52. The first-order valence-electron chi connectivity index (χ1n) is 5.62.